The summed E-state index contributed by atoms with van der Waals surface area (Å²) >= 11 is 0. The predicted octanol–water partition coefficient (Wildman–Crippen LogP) is 0.283. The summed E-state index contributed by atoms with van der Waals surface area (Å²) in [5.74, 6) is 0. The van der Waals surface area contributed by atoms with Crippen molar-refractivity contribution in [3.63, 3.8) is 0 Å². The van der Waals surface area contributed by atoms with Gasteiger partial charge in [-0.05, 0) is 12.8 Å². The van der Waals surface area contributed by atoms with E-state index in [1.807, 2.05) is 0 Å². The first-order valence-electron chi connectivity index (χ1n) is 5.80. The molecule has 2 aliphatic heterocycles. The van der Waals surface area contributed by atoms with Gasteiger partial charge in [-0.1, -0.05) is 0 Å². The van der Waals surface area contributed by atoms with Gasteiger partial charge in [-0.3, -0.25) is 0 Å². The van der Waals surface area contributed by atoms with Crippen molar-refractivity contribution < 1.29 is 14.6 Å². The standard InChI is InChI=1S/C11H21NO3/c12-8-10(2-1-5-15-9-10)11(13)3-6-14-7-4-11/h13H,1-9,12H2. The molecule has 0 saturated carbocycles. The van der Waals surface area contributed by atoms with Crippen LogP contribution >= 0.6 is 0 Å². The lowest BCUT2D eigenvalue weighted by molar-refractivity contribution is -0.180. The molecule has 4 nitrogen and oxygen atoms in total. The van der Waals surface area contributed by atoms with Crippen molar-refractivity contribution in [1.29, 1.82) is 0 Å². The quantitative estimate of drug-likeness (QED) is 0.694. The van der Waals surface area contributed by atoms with Crippen LogP contribution in [0, 0.1) is 5.41 Å². The highest BCUT2D eigenvalue weighted by atomic mass is 16.5. The molecule has 2 saturated heterocycles. The smallest absolute Gasteiger partial charge is 0.0781 e. The second-order valence-corrected chi connectivity index (χ2v) is 4.78. The minimum absolute atomic E-state index is 0.241. The van der Waals surface area contributed by atoms with E-state index in [4.69, 9.17) is 15.2 Å². The number of hydrogen-bond acceptors (Lipinski definition) is 4. The molecule has 0 radical (unpaired) electrons. The zero-order valence-electron chi connectivity index (χ0n) is 9.21. The van der Waals surface area contributed by atoms with Gasteiger partial charge in [0.15, 0.2) is 0 Å². The zero-order valence-corrected chi connectivity index (χ0v) is 9.21. The van der Waals surface area contributed by atoms with Crippen molar-refractivity contribution in [2.24, 2.45) is 11.1 Å². The van der Waals surface area contributed by atoms with Crippen LogP contribution in [-0.4, -0.2) is 43.7 Å². The molecule has 15 heavy (non-hydrogen) atoms. The van der Waals surface area contributed by atoms with Gasteiger partial charge in [-0.25, -0.2) is 0 Å². The zero-order chi connectivity index (χ0) is 10.8. The molecule has 1 atom stereocenters. The van der Waals surface area contributed by atoms with Crippen molar-refractivity contribution in [3.8, 4) is 0 Å². The lowest BCUT2D eigenvalue weighted by Gasteiger charge is -2.50. The molecule has 2 aliphatic rings. The van der Waals surface area contributed by atoms with Crippen LogP contribution in [0.15, 0.2) is 0 Å². The number of ether oxygens (including phenoxy) is 2. The molecule has 0 aromatic heterocycles. The molecular formula is C11H21NO3. The molecule has 0 amide bonds. The molecule has 2 rings (SSSR count). The van der Waals surface area contributed by atoms with Gasteiger partial charge < -0.3 is 20.3 Å². The van der Waals surface area contributed by atoms with Crippen molar-refractivity contribution >= 4 is 0 Å². The molecule has 0 aliphatic carbocycles. The highest BCUT2D eigenvalue weighted by Gasteiger charge is 2.50. The summed E-state index contributed by atoms with van der Waals surface area (Å²) in [4.78, 5) is 0. The van der Waals surface area contributed by atoms with Gasteiger partial charge in [0, 0.05) is 44.6 Å². The summed E-state index contributed by atoms with van der Waals surface area (Å²) < 4.78 is 10.8. The predicted molar refractivity (Wildman–Crippen MR) is 56.5 cm³/mol. The van der Waals surface area contributed by atoms with Crippen molar-refractivity contribution in [1.82, 2.24) is 0 Å². The highest BCUT2D eigenvalue weighted by molar-refractivity contribution is 5.01. The van der Waals surface area contributed by atoms with Crippen LogP contribution in [0.2, 0.25) is 0 Å². The molecule has 0 aromatic carbocycles. The first-order valence-corrected chi connectivity index (χ1v) is 5.80. The molecule has 1 unspecified atom stereocenters. The molecule has 3 N–H and O–H groups in total. The number of rotatable bonds is 2. The van der Waals surface area contributed by atoms with Crippen LogP contribution in [0.3, 0.4) is 0 Å². The molecule has 2 heterocycles. The van der Waals surface area contributed by atoms with Gasteiger partial charge in [0.25, 0.3) is 0 Å². The summed E-state index contributed by atoms with van der Waals surface area (Å²) in [6, 6.07) is 0. The molecule has 0 aromatic rings. The normalized spacial score (nSPS) is 36.4. The van der Waals surface area contributed by atoms with Crippen molar-refractivity contribution in [2.45, 2.75) is 31.3 Å². The maximum atomic E-state index is 10.7. The summed E-state index contributed by atoms with van der Waals surface area (Å²) in [5.41, 5.74) is 4.95. The molecule has 4 heteroatoms. The Morgan fingerprint density at radius 1 is 1.07 bits per heavy atom. The first-order chi connectivity index (χ1) is 7.22. The lowest BCUT2D eigenvalue weighted by Crippen LogP contribution is -2.59. The van der Waals surface area contributed by atoms with Crippen LogP contribution in [0.1, 0.15) is 25.7 Å². The lowest BCUT2D eigenvalue weighted by atomic mass is 9.65. The maximum Gasteiger partial charge on any atom is 0.0781 e. The molecule has 0 spiro atoms. The fraction of sp³-hybridized carbons (Fsp3) is 1.00. The van der Waals surface area contributed by atoms with Crippen LogP contribution < -0.4 is 5.73 Å². The Bertz CT molecular complexity index is 208. The number of hydrogen-bond donors (Lipinski definition) is 2. The van der Waals surface area contributed by atoms with Gasteiger partial charge in [-0.2, -0.15) is 0 Å². The van der Waals surface area contributed by atoms with Crippen LogP contribution in [0.5, 0.6) is 0 Å². The third kappa shape index (κ3) is 1.91. The van der Waals surface area contributed by atoms with Crippen LogP contribution in [0.25, 0.3) is 0 Å². The van der Waals surface area contributed by atoms with Crippen LogP contribution in [-0.2, 0) is 9.47 Å². The van der Waals surface area contributed by atoms with E-state index in [0.717, 1.165) is 19.4 Å². The summed E-state index contributed by atoms with van der Waals surface area (Å²) in [6.07, 6.45) is 3.35. The monoisotopic (exact) mass is 215 g/mol. The average molecular weight is 215 g/mol. The SMILES string of the molecule is NCC1(C2(O)CCOCC2)CCCOC1. The Morgan fingerprint density at radius 2 is 1.80 bits per heavy atom. The fourth-order valence-corrected chi connectivity index (χ4v) is 2.81. The fourth-order valence-electron chi connectivity index (χ4n) is 2.81. The van der Waals surface area contributed by atoms with Crippen LogP contribution in [0.4, 0.5) is 0 Å². The Morgan fingerprint density at radius 3 is 2.33 bits per heavy atom. The number of nitrogens with two attached hydrogens (primary N) is 1. The summed E-state index contributed by atoms with van der Waals surface area (Å²) in [5, 5.41) is 10.7. The van der Waals surface area contributed by atoms with Gasteiger partial charge in [0.05, 0.1) is 12.2 Å². The van der Waals surface area contributed by atoms with Gasteiger partial charge in [0.1, 0.15) is 0 Å². The maximum absolute atomic E-state index is 10.7. The Kier molecular flexibility index (Phi) is 3.30. The van der Waals surface area contributed by atoms with E-state index in [2.05, 4.69) is 0 Å². The third-order valence-electron chi connectivity index (χ3n) is 4.02. The van der Waals surface area contributed by atoms with E-state index < -0.39 is 5.60 Å². The van der Waals surface area contributed by atoms with E-state index in [9.17, 15) is 5.11 Å². The molecule has 88 valence electrons. The number of aliphatic hydroxyl groups is 1. The van der Waals surface area contributed by atoms with Gasteiger partial charge >= 0.3 is 0 Å². The first kappa shape index (κ1) is 11.3. The Labute approximate surface area is 90.7 Å². The van der Waals surface area contributed by atoms with E-state index in [-0.39, 0.29) is 5.41 Å². The molecule has 2 fully saturated rings. The van der Waals surface area contributed by atoms with E-state index >= 15 is 0 Å². The van der Waals surface area contributed by atoms with Gasteiger partial charge in [0.2, 0.25) is 0 Å². The topological polar surface area (TPSA) is 64.7 Å². The van der Waals surface area contributed by atoms with E-state index in [1.54, 1.807) is 0 Å². The van der Waals surface area contributed by atoms with Crippen molar-refractivity contribution in [3.05, 3.63) is 0 Å². The Balaban J connectivity index is 2.15. The highest BCUT2D eigenvalue weighted by Crippen LogP contribution is 2.43. The van der Waals surface area contributed by atoms with E-state index in [0.29, 0.717) is 39.2 Å². The third-order valence-corrected chi connectivity index (χ3v) is 4.02. The average Bonchev–Trinajstić information content (AvgIpc) is 2.31. The summed E-state index contributed by atoms with van der Waals surface area (Å²) in [6.45, 7) is 3.17. The second kappa shape index (κ2) is 4.37. The summed E-state index contributed by atoms with van der Waals surface area (Å²) in [7, 11) is 0. The van der Waals surface area contributed by atoms with Gasteiger partial charge in [-0.15, -0.1) is 0 Å². The molecular weight excluding hydrogens is 194 g/mol. The largest absolute Gasteiger partial charge is 0.389 e. The second-order valence-electron chi connectivity index (χ2n) is 4.78. The molecule has 0 bridgehead atoms. The Hall–Kier alpha value is -0.160. The minimum atomic E-state index is -0.680. The van der Waals surface area contributed by atoms with Crippen molar-refractivity contribution in [2.75, 3.05) is 33.0 Å². The van der Waals surface area contributed by atoms with E-state index in [1.165, 1.54) is 0 Å². The minimum Gasteiger partial charge on any atom is -0.389 e.